The molecule has 6 nitrogen and oxygen atoms in total. The molecular weight excluding hydrogens is 409 g/mol. The summed E-state index contributed by atoms with van der Waals surface area (Å²) >= 11 is 12.0. The van der Waals surface area contributed by atoms with E-state index in [2.05, 4.69) is 14.7 Å². The van der Waals surface area contributed by atoms with Gasteiger partial charge >= 0.3 is 0 Å². The maximum Gasteiger partial charge on any atom is 0.243 e. The Morgan fingerprint density at radius 2 is 1.78 bits per heavy atom. The number of nitrogens with one attached hydrogen (secondary N) is 1. The van der Waals surface area contributed by atoms with Crippen LogP contribution in [0.1, 0.15) is 5.69 Å². The number of rotatable bonds is 6. The molecule has 2 aromatic heterocycles. The van der Waals surface area contributed by atoms with Crippen LogP contribution in [-0.2, 0) is 16.6 Å². The van der Waals surface area contributed by atoms with Crippen LogP contribution in [0.4, 0.5) is 0 Å². The van der Waals surface area contributed by atoms with Crippen LogP contribution in [0.15, 0.2) is 59.6 Å². The summed E-state index contributed by atoms with van der Waals surface area (Å²) in [5, 5.41) is 0.0885. The number of methoxy groups -OCH3 is 1. The van der Waals surface area contributed by atoms with Gasteiger partial charge < -0.3 is 4.74 Å². The SMILES string of the molecule is COc1cc(CNS(=O)(=O)c2c(Cl)cccc2Cl)nc(-c2ccccn2)c1. The summed E-state index contributed by atoms with van der Waals surface area (Å²) in [4.78, 5) is 8.55. The van der Waals surface area contributed by atoms with Crippen LogP contribution in [0, 0.1) is 0 Å². The molecule has 0 unspecified atom stereocenters. The number of hydrogen-bond acceptors (Lipinski definition) is 5. The third kappa shape index (κ3) is 4.56. The second-order valence-electron chi connectivity index (χ2n) is 5.47. The number of hydrogen-bond donors (Lipinski definition) is 1. The molecule has 140 valence electrons. The first kappa shape index (κ1) is 19.6. The van der Waals surface area contributed by atoms with E-state index in [0.717, 1.165) is 0 Å². The van der Waals surface area contributed by atoms with Gasteiger partial charge in [0.1, 0.15) is 10.6 Å². The fourth-order valence-electron chi connectivity index (χ4n) is 2.39. The third-order valence-electron chi connectivity index (χ3n) is 3.65. The van der Waals surface area contributed by atoms with Crippen molar-refractivity contribution in [2.24, 2.45) is 0 Å². The normalized spacial score (nSPS) is 11.4. The number of pyridine rings is 2. The van der Waals surface area contributed by atoms with Gasteiger partial charge in [-0.05, 0) is 24.3 Å². The summed E-state index contributed by atoms with van der Waals surface area (Å²) in [5.74, 6) is 0.538. The molecule has 3 rings (SSSR count). The van der Waals surface area contributed by atoms with Crippen LogP contribution in [-0.4, -0.2) is 25.5 Å². The molecule has 0 spiro atoms. The number of aromatic nitrogens is 2. The molecule has 0 aliphatic rings. The van der Waals surface area contributed by atoms with Crippen LogP contribution in [0.2, 0.25) is 10.0 Å². The van der Waals surface area contributed by atoms with Crippen molar-refractivity contribution in [1.82, 2.24) is 14.7 Å². The first-order valence-corrected chi connectivity index (χ1v) is 10.0. The topological polar surface area (TPSA) is 81.2 Å². The van der Waals surface area contributed by atoms with Gasteiger partial charge in [0.05, 0.1) is 40.8 Å². The zero-order chi connectivity index (χ0) is 19.4. The Bertz CT molecular complexity index is 1040. The molecule has 0 radical (unpaired) electrons. The van der Waals surface area contributed by atoms with Gasteiger partial charge in [0.2, 0.25) is 10.0 Å². The Morgan fingerprint density at radius 1 is 1.04 bits per heavy atom. The molecule has 0 aliphatic carbocycles. The van der Waals surface area contributed by atoms with Crippen molar-refractivity contribution in [2.75, 3.05) is 7.11 Å². The summed E-state index contributed by atoms with van der Waals surface area (Å²) in [5.41, 5.74) is 1.68. The minimum absolute atomic E-state index is 0.0442. The van der Waals surface area contributed by atoms with Gasteiger partial charge in [-0.15, -0.1) is 0 Å². The fourth-order valence-corrected chi connectivity index (χ4v) is 4.53. The lowest BCUT2D eigenvalue weighted by molar-refractivity contribution is 0.413. The number of benzene rings is 1. The minimum Gasteiger partial charge on any atom is -0.497 e. The summed E-state index contributed by atoms with van der Waals surface area (Å²) < 4.78 is 33.0. The van der Waals surface area contributed by atoms with E-state index in [1.165, 1.54) is 19.2 Å². The first-order chi connectivity index (χ1) is 12.9. The van der Waals surface area contributed by atoms with E-state index in [9.17, 15) is 8.42 Å². The first-order valence-electron chi connectivity index (χ1n) is 7.81. The average molecular weight is 424 g/mol. The highest BCUT2D eigenvalue weighted by Gasteiger charge is 2.21. The fraction of sp³-hybridized carbons (Fsp3) is 0.111. The molecule has 27 heavy (non-hydrogen) atoms. The van der Waals surface area contributed by atoms with Crippen molar-refractivity contribution in [1.29, 1.82) is 0 Å². The van der Waals surface area contributed by atoms with Gasteiger partial charge in [-0.3, -0.25) is 4.98 Å². The number of sulfonamides is 1. The van der Waals surface area contributed by atoms with Crippen LogP contribution in [0.3, 0.4) is 0 Å². The lowest BCUT2D eigenvalue weighted by Gasteiger charge is -2.11. The van der Waals surface area contributed by atoms with Gasteiger partial charge in [-0.25, -0.2) is 18.1 Å². The number of ether oxygens (including phenoxy) is 1. The van der Waals surface area contributed by atoms with Gasteiger partial charge in [-0.1, -0.05) is 35.3 Å². The molecule has 2 heterocycles. The highest BCUT2D eigenvalue weighted by atomic mass is 35.5. The van der Waals surface area contributed by atoms with Crippen LogP contribution >= 0.6 is 23.2 Å². The smallest absolute Gasteiger partial charge is 0.243 e. The van der Waals surface area contributed by atoms with Crippen LogP contribution in [0.25, 0.3) is 11.4 Å². The summed E-state index contributed by atoms with van der Waals surface area (Å²) in [6, 6.07) is 13.3. The third-order valence-corrected chi connectivity index (χ3v) is 6.00. The second-order valence-corrected chi connectivity index (χ2v) is 7.99. The lowest BCUT2D eigenvalue weighted by atomic mass is 10.2. The van der Waals surface area contributed by atoms with Gasteiger partial charge in [-0.2, -0.15) is 0 Å². The molecule has 0 fully saturated rings. The van der Waals surface area contributed by atoms with Gasteiger partial charge in [0, 0.05) is 18.3 Å². The largest absolute Gasteiger partial charge is 0.497 e. The lowest BCUT2D eigenvalue weighted by Crippen LogP contribution is -2.24. The van der Waals surface area contributed by atoms with E-state index in [0.29, 0.717) is 22.8 Å². The molecule has 1 N–H and O–H groups in total. The molecule has 0 atom stereocenters. The maximum atomic E-state index is 12.6. The quantitative estimate of drug-likeness (QED) is 0.649. The minimum atomic E-state index is -3.93. The highest BCUT2D eigenvalue weighted by molar-refractivity contribution is 7.89. The molecule has 1 aromatic carbocycles. The highest BCUT2D eigenvalue weighted by Crippen LogP contribution is 2.29. The monoisotopic (exact) mass is 423 g/mol. The Hall–Kier alpha value is -2.19. The average Bonchev–Trinajstić information content (AvgIpc) is 2.66. The molecule has 0 saturated heterocycles. The van der Waals surface area contributed by atoms with E-state index in [4.69, 9.17) is 27.9 Å². The number of halogens is 2. The second kappa shape index (κ2) is 8.22. The van der Waals surface area contributed by atoms with Crippen LogP contribution < -0.4 is 9.46 Å². The van der Waals surface area contributed by atoms with Gasteiger partial charge in [0.25, 0.3) is 0 Å². The standard InChI is InChI=1S/C18H15Cl2N3O3S/c1-26-13-9-12(23-17(10-13)16-7-2-3-8-21-16)11-22-27(24,25)18-14(19)5-4-6-15(18)20/h2-10,22H,11H2,1H3. The van der Waals surface area contributed by atoms with E-state index in [-0.39, 0.29) is 21.5 Å². The van der Waals surface area contributed by atoms with E-state index >= 15 is 0 Å². The zero-order valence-corrected chi connectivity index (χ0v) is 16.5. The van der Waals surface area contributed by atoms with Crippen LogP contribution in [0.5, 0.6) is 5.75 Å². The molecule has 9 heteroatoms. The van der Waals surface area contributed by atoms with Crippen molar-refractivity contribution in [2.45, 2.75) is 11.4 Å². The Morgan fingerprint density at radius 3 is 2.41 bits per heavy atom. The predicted molar refractivity (Wildman–Crippen MR) is 105 cm³/mol. The molecule has 0 bridgehead atoms. The van der Waals surface area contributed by atoms with E-state index in [1.807, 2.05) is 6.07 Å². The van der Waals surface area contributed by atoms with Crippen molar-refractivity contribution in [3.8, 4) is 17.1 Å². The summed E-state index contributed by atoms with van der Waals surface area (Å²) in [6.07, 6.45) is 1.65. The Labute approximate surface area is 167 Å². The van der Waals surface area contributed by atoms with Crippen molar-refractivity contribution < 1.29 is 13.2 Å². The zero-order valence-electron chi connectivity index (χ0n) is 14.2. The predicted octanol–water partition coefficient (Wildman–Crippen LogP) is 3.94. The van der Waals surface area contributed by atoms with Gasteiger partial charge in [0.15, 0.2) is 0 Å². The summed E-state index contributed by atoms with van der Waals surface area (Å²) in [7, 11) is -2.40. The molecule has 3 aromatic rings. The molecular formula is C18H15Cl2N3O3S. The Kier molecular flexibility index (Phi) is 5.96. The number of nitrogens with zero attached hydrogens (tertiary/aromatic N) is 2. The molecule has 0 amide bonds. The van der Waals surface area contributed by atoms with Crippen molar-refractivity contribution in [3.05, 3.63) is 70.5 Å². The van der Waals surface area contributed by atoms with Crippen molar-refractivity contribution >= 4 is 33.2 Å². The Balaban J connectivity index is 1.90. The maximum absolute atomic E-state index is 12.6. The van der Waals surface area contributed by atoms with Crippen molar-refractivity contribution in [3.63, 3.8) is 0 Å². The molecule has 0 saturated carbocycles. The van der Waals surface area contributed by atoms with E-state index in [1.54, 1.807) is 36.5 Å². The summed E-state index contributed by atoms with van der Waals surface area (Å²) in [6.45, 7) is -0.0685. The van der Waals surface area contributed by atoms with E-state index < -0.39 is 10.0 Å². The molecule has 0 aliphatic heterocycles.